The van der Waals surface area contributed by atoms with Gasteiger partial charge in [-0.05, 0) is 66.1 Å². The molecule has 4 rings (SSSR count). The number of carbonyl (C=O) groups excluding carboxylic acids is 1. The number of nitrogens with zero attached hydrogens (tertiary/aromatic N) is 2. The molecule has 2 fully saturated rings. The van der Waals surface area contributed by atoms with E-state index < -0.39 is 0 Å². The summed E-state index contributed by atoms with van der Waals surface area (Å²) >= 11 is 1.40. The van der Waals surface area contributed by atoms with E-state index in [4.69, 9.17) is 10.00 Å². The van der Waals surface area contributed by atoms with Crippen LogP contribution in [0.4, 0.5) is 0 Å². The van der Waals surface area contributed by atoms with E-state index >= 15 is 0 Å². The van der Waals surface area contributed by atoms with Crippen LogP contribution in [0.5, 0.6) is 5.75 Å². The number of amidine groups is 1. The van der Waals surface area contributed by atoms with Crippen LogP contribution in [-0.4, -0.2) is 17.1 Å². The van der Waals surface area contributed by atoms with Gasteiger partial charge in [0, 0.05) is 0 Å². The molecule has 1 saturated carbocycles. The highest BCUT2D eigenvalue weighted by Crippen LogP contribution is 2.29. The van der Waals surface area contributed by atoms with Crippen molar-refractivity contribution >= 4 is 28.9 Å². The lowest BCUT2D eigenvalue weighted by atomic mass is 10.1. The highest BCUT2D eigenvalue weighted by atomic mass is 32.2. The maximum Gasteiger partial charge on any atom is 0.264 e. The standard InChI is InChI=1S/C23H21N3O2S/c24-14-17-6-3-7-18(11-17)15-28-20-10-4-5-16(12-20)13-21-22(27)26-23(29-21)25-19-8-1-2-9-19/h3-7,10-13,19H,1-2,8-9,15H2,(H,25,26,27). The monoisotopic (exact) mass is 403 g/mol. The topological polar surface area (TPSA) is 74.5 Å². The quantitative estimate of drug-likeness (QED) is 0.738. The van der Waals surface area contributed by atoms with Crippen molar-refractivity contribution in [2.75, 3.05) is 0 Å². The Morgan fingerprint density at radius 3 is 2.86 bits per heavy atom. The van der Waals surface area contributed by atoms with Gasteiger partial charge in [-0.2, -0.15) is 5.26 Å². The van der Waals surface area contributed by atoms with E-state index in [-0.39, 0.29) is 5.91 Å². The normalized spacial score (nSPS) is 19.5. The van der Waals surface area contributed by atoms with Gasteiger partial charge in [0.2, 0.25) is 0 Å². The molecular weight excluding hydrogens is 382 g/mol. The summed E-state index contributed by atoms with van der Waals surface area (Å²) in [6.45, 7) is 0.378. The molecule has 1 aliphatic heterocycles. The molecule has 0 bridgehead atoms. The van der Waals surface area contributed by atoms with Crippen LogP contribution in [-0.2, 0) is 11.4 Å². The summed E-state index contributed by atoms with van der Waals surface area (Å²) in [5.74, 6) is 0.608. The van der Waals surface area contributed by atoms with Gasteiger partial charge in [0.1, 0.15) is 12.4 Å². The zero-order chi connectivity index (χ0) is 20.1. The first-order chi connectivity index (χ1) is 14.2. The first-order valence-corrected chi connectivity index (χ1v) is 10.5. The summed E-state index contributed by atoms with van der Waals surface area (Å²) in [6.07, 6.45) is 6.51. The smallest absolute Gasteiger partial charge is 0.264 e. The fraction of sp³-hybridized carbons (Fsp3) is 0.261. The Morgan fingerprint density at radius 2 is 2.03 bits per heavy atom. The minimum Gasteiger partial charge on any atom is -0.489 e. The minimum absolute atomic E-state index is 0.105. The van der Waals surface area contributed by atoms with Gasteiger partial charge >= 0.3 is 0 Å². The predicted octanol–water partition coefficient (Wildman–Crippen LogP) is 4.64. The predicted molar refractivity (Wildman–Crippen MR) is 115 cm³/mol. The van der Waals surface area contributed by atoms with Gasteiger partial charge in [0.05, 0.1) is 22.6 Å². The van der Waals surface area contributed by atoms with Crippen molar-refractivity contribution < 1.29 is 9.53 Å². The first-order valence-electron chi connectivity index (χ1n) is 9.70. The van der Waals surface area contributed by atoms with Crippen LogP contribution in [0.1, 0.15) is 42.4 Å². The van der Waals surface area contributed by atoms with Gasteiger partial charge < -0.3 is 10.1 Å². The average molecular weight is 404 g/mol. The van der Waals surface area contributed by atoms with Crippen molar-refractivity contribution in [3.05, 3.63) is 70.1 Å². The third-order valence-corrected chi connectivity index (χ3v) is 5.82. The first kappa shape index (κ1) is 19.3. The molecule has 0 spiro atoms. The molecule has 1 aliphatic carbocycles. The van der Waals surface area contributed by atoms with Gasteiger partial charge in [0.15, 0.2) is 5.17 Å². The second kappa shape index (κ2) is 8.97. The molecule has 5 nitrogen and oxygen atoms in total. The highest BCUT2D eigenvalue weighted by Gasteiger charge is 2.25. The third-order valence-electron chi connectivity index (χ3n) is 4.89. The maximum atomic E-state index is 12.3. The number of amides is 1. The minimum atomic E-state index is -0.105. The van der Waals surface area contributed by atoms with Crippen LogP contribution in [0.2, 0.25) is 0 Å². The van der Waals surface area contributed by atoms with Crippen LogP contribution < -0.4 is 10.1 Å². The summed E-state index contributed by atoms with van der Waals surface area (Å²) in [6, 6.07) is 17.5. The van der Waals surface area contributed by atoms with Gasteiger partial charge in [0.25, 0.3) is 5.91 Å². The van der Waals surface area contributed by atoms with Gasteiger partial charge in [-0.15, -0.1) is 0 Å². The van der Waals surface area contributed by atoms with Crippen molar-refractivity contribution in [2.24, 2.45) is 4.99 Å². The highest BCUT2D eigenvalue weighted by molar-refractivity contribution is 8.18. The number of nitriles is 1. The summed E-state index contributed by atoms with van der Waals surface area (Å²) in [5.41, 5.74) is 2.45. The molecule has 2 aromatic carbocycles. The molecule has 1 amide bonds. The van der Waals surface area contributed by atoms with Crippen LogP contribution in [0.25, 0.3) is 6.08 Å². The molecule has 0 unspecified atom stereocenters. The Hall–Kier alpha value is -3.04. The van der Waals surface area contributed by atoms with Crippen molar-refractivity contribution in [3.63, 3.8) is 0 Å². The second-order valence-corrected chi connectivity index (χ2v) is 8.14. The molecule has 6 heteroatoms. The number of benzene rings is 2. The fourth-order valence-corrected chi connectivity index (χ4v) is 4.32. The van der Waals surface area contributed by atoms with Gasteiger partial charge in [-0.25, -0.2) is 0 Å². The van der Waals surface area contributed by atoms with Crippen molar-refractivity contribution in [3.8, 4) is 11.8 Å². The maximum absolute atomic E-state index is 12.3. The van der Waals surface area contributed by atoms with E-state index in [9.17, 15) is 4.79 Å². The Morgan fingerprint density at radius 1 is 1.21 bits per heavy atom. The largest absolute Gasteiger partial charge is 0.489 e. The van der Waals surface area contributed by atoms with E-state index in [0.29, 0.717) is 34.0 Å². The zero-order valence-corrected chi connectivity index (χ0v) is 16.7. The Balaban J connectivity index is 1.43. The number of nitrogens with one attached hydrogen (secondary N) is 1. The van der Waals surface area contributed by atoms with Crippen molar-refractivity contribution in [2.45, 2.75) is 38.3 Å². The number of ether oxygens (including phenoxy) is 1. The molecular formula is C23H21N3O2S. The molecule has 2 aromatic rings. The summed E-state index contributed by atoms with van der Waals surface area (Å²) in [5, 5.41) is 12.6. The van der Waals surface area contributed by atoms with Crippen LogP contribution in [0.15, 0.2) is 58.4 Å². The number of carbonyl (C=O) groups is 1. The summed E-state index contributed by atoms with van der Waals surface area (Å²) in [4.78, 5) is 17.6. The molecule has 0 aromatic heterocycles. The van der Waals surface area contributed by atoms with E-state index in [1.165, 1.54) is 24.6 Å². The van der Waals surface area contributed by atoms with E-state index in [2.05, 4.69) is 16.4 Å². The van der Waals surface area contributed by atoms with Crippen LogP contribution in [0.3, 0.4) is 0 Å². The third kappa shape index (κ3) is 5.07. The fourth-order valence-electron chi connectivity index (χ4n) is 3.43. The number of hydrogen-bond acceptors (Lipinski definition) is 5. The summed E-state index contributed by atoms with van der Waals surface area (Å²) < 4.78 is 5.86. The van der Waals surface area contributed by atoms with E-state index in [1.807, 2.05) is 48.5 Å². The van der Waals surface area contributed by atoms with E-state index in [1.54, 1.807) is 6.07 Å². The molecule has 29 heavy (non-hydrogen) atoms. The molecule has 1 saturated heterocycles. The zero-order valence-electron chi connectivity index (χ0n) is 15.9. The second-order valence-electron chi connectivity index (χ2n) is 7.11. The molecule has 0 radical (unpaired) electrons. The number of rotatable bonds is 5. The van der Waals surface area contributed by atoms with Crippen LogP contribution >= 0.6 is 11.8 Å². The van der Waals surface area contributed by atoms with Gasteiger partial charge in [-0.1, -0.05) is 37.1 Å². The number of hydrogen-bond donors (Lipinski definition) is 1. The lowest BCUT2D eigenvalue weighted by Gasteiger charge is -2.07. The summed E-state index contributed by atoms with van der Waals surface area (Å²) in [7, 11) is 0. The van der Waals surface area contributed by atoms with Crippen molar-refractivity contribution in [1.29, 1.82) is 5.26 Å². The Bertz CT molecular complexity index is 1020. The molecule has 1 heterocycles. The van der Waals surface area contributed by atoms with Gasteiger partial charge in [-0.3, -0.25) is 9.79 Å². The van der Waals surface area contributed by atoms with E-state index in [0.717, 1.165) is 24.0 Å². The molecule has 2 aliphatic rings. The average Bonchev–Trinajstić information content (AvgIpc) is 3.37. The number of thioether (sulfide) groups is 1. The number of aliphatic imine (C=N–C) groups is 1. The Labute approximate surface area is 174 Å². The molecule has 0 atom stereocenters. The molecule has 1 N–H and O–H groups in total. The van der Waals surface area contributed by atoms with Crippen LogP contribution in [0, 0.1) is 11.3 Å². The van der Waals surface area contributed by atoms with Crippen molar-refractivity contribution in [1.82, 2.24) is 5.32 Å². The Kier molecular flexibility index (Phi) is 5.97. The lowest BCUT2D eigenvalue weighted by Crippen LogP contribution is -2.21. The molecule has 146 valence electrons. The SMILES string of the molecule is N#Cc1cccc(COc2cccc(C=C3SC(=NC4CCCC4)NC3=O)c2)c1. The lowest BCUT2D eigenvalue weighted by molar-refractivity contribution is -0.115.